The number of carbonyl (C=O) groups excluding carboxylic acids is 1. The SMILES string of the molecule is Nc1ncnc2c1ncn2[C@@H]1O[C@H](COP(=O)(O)OP(=O)(O)OC[C@H]2O[C@@H](O)[C@H](OC(=O)CCCC[C@@H]3CCSS3)[C@@H]2O)[C@@H](O)[C@H]1O. The van der Waals surface area contributed by atoms with Crippen molar-refractivity contribution >= 4 is 60.2 Å². The second-order valence-corrected chi connectivity index (χ2v) is 16.7. The minimum absolute atomic E-state index is 0.0539. The Morgan fingerprint density at radius 1 is 1.00 bits per heavy atom. The predicted molar refractivity (Wildman–Crippen MR) is 162 cm³/mol. The summed E-state index contributed by atoms with van der Waals surface area (Å²) in [4.78, 5) is 44.1. The number of aliphatic hydroxyl groups excluding tert-OH is 4. The van der Waals surface area contributed by atoms with Crippen LogP contribution in [0.1, 0.15) is 38.3 Å². The third-order valence-corrected chi connectivity index (χ3v) is 13.1. The smallest absolute Gasteiger partial charge is 0.454 e. The summed E-state index contributed by atoms with van der Waals surface area (Å²) in [5, 5.41) is 42.1. The lowest BCUT2D eigenvalue weighted by Crippen LogP contribution is -2.38. The summed E-state index contributed by atoms with van der Waals surface area (Å²) in [5.74, 6) is 0.490. The molecule has 2 unspecified atom stereocenters. The molecule has 5 rings (SSSR count). The first-order valence-corrected chi connectivity index (χ1v) is 19.7. The van der Waals surface area contributed by atoms with Gasteiger partial charge in [0.05, 0.1) is 19.5 Å². The molecule has 11 atom stereocenters. The number of nitrogen functional groups attached to an aromatic ring is 1. The highest BCUT2D eigenvalue weighted by atomic mass is 33.1. The lowest BCUT2D eigenvalue weighted by Gasteiger charge is -2.21. The first-order chi connectivity index (χ1) is 22.2. The molecule has 20 nitrogen and oxygen atoms in total. The summed E-state index contributed by atoms with van der Waals surface area (Å²) in [7, 11) is -7.08. The van der Waals surface area contributed by atoms with Crippen LogP contribution in [0.3, 0.4) is 0 Å². The molecule has 8 N–H and O–H groups in total. The minimum Gasteiger partial charge on any atom is -0.454 e. The first kappa shape index (κ1) is 36.8. The van der Waals surface area contributed by atoms with Gasteiger partial charge in [-0.3, -0.25) is 18.4 Å². The minimum atomic E-state index is -5.37. The number of nitrogens with zero attached hydrogens (tertiary/aromatic N) is 4. The number of imidazole rings is 1. The van der Waals surface area contributed by atoms with E-state index in [-0.39, 0.29) is 23.4 Å². The molecule has 0 amide bonds. The standard InChI is InChI=1S/C23H35N5O15P2S2/c24-20-15-21(26-9-25-20)28(10-27-15)22-18(32)16(30)12(40-22)7-38-44(34,35)43-45(36,37)39-8-13-17(31)19(23(33)41-13)42-14(29)4-2-1-3-11-5-6-46-47-11/h9-13,16-19,22-23,30-33H,1-8H2,(H,34,35)(H,36,37)(H2,24,25,26)/t11-,12-,13-,16-,17-,18-,19-,22-,23-/m1/s1. The number of anilines is 1. The van der Waals surface area contributed by atoms with Gasteiger partial charge in [-0.1, -0.05) is 28.0 Å². The maximum absolute atomic E-state index is 12.4. The molecule has 0 radical (unpaired) electrons. The normalized spacial score (nSPS) is 33.6. The van der Waals surface area contributed by atoms with Crippen LogP contribution >= 0.6 is 37.2 Å². The van der Waals surface area contributed by atoms with Gasteiger partial charge in [-0.05, 0) is 19.3 Å². The summed E-state index contributed by atoms with van der Waals surface area (Å²) in [6.45, 7) is -1.82. The van der Waals surface area contributed by atoms with Gasteiger partial charge in [0.25, 0.3) is 0 Å². The van der Waals surface area contributed by atoms with Gasteiger partial charge in [-0.25, -0.2) is 24.1 Å². The van der Waals surface area contributed by atoms with E-state index in [2.05, 4.69) is 23.8 Å². The van der Waals surface area contributed by atoms with Crippen molar-refractivity contribution < 1.29 is 71.7 Å². The molecule has 0 aliphatic carbocycles. The van der Waals surface area contributed by atoms with Crippen LogP contribution in [-0.4, -0.2) is 123 Å². The Morgan fingerprint density at radius 3 is 2.38 bits per heavy atom. The van der Waals surface area contributed by atoms with Gasteiger partial charge in [0.2, 0.25) is 0 Å². The Bertz CT molecular complexity index is 1490. The predicted octanol–water partition coefficient (Wildman–Crippen LogP) is -0.0177. The van der Waals surface area contributed by atoms with Crippen molar-refractivity contribution in [2.45, 2.75) is 86.5 Å². The Kier molecular flexibility index (Phi) is 12.2. The maximum Gasteiger partial charge on any atom is 0.481 e. The van der Waals surface area contributed by atoms with Crippen LogP contribution in [-0.2, 0) is 41.5 Å². The summed E-state index contributed by atoms with van der Waals surface area (Å²) >= 11 is 0. The van der Waals surface area contributed by atoms with E-state index in [4.69, 9.17) is 24.5 Å². The van der Waals surface area contributed by atoms with Gasteiger partial charge in [0, 0.05) is 17.4 Å². The quantitative estimate of drug-likeness (QED) is 0.0545. The van der Waals surface area contributed by atoms with E-state index in [1.54, 1.807) is 0 Å². The van der Waals surface area contributed by atoms with Crippen molar-refractivity contribution in [2.24, 2.45) is 0 Å². The van der Waals surface area contributed by atoms with Crippen LogP contribution in [0.5, 0.6) is 0 Å². The molecule has 3 fully saturated rings. The van der Waals surface area contributed by atoms with E-state index in [0.717, 1.165) is 31.3 Å². The lowest BCUT2D eigenvalue weighted by atomic mass is 10.1. The number of aliphatic hydroxyl groups is 4. The van der Waals surface area contributed by atoms with Crippen molar-refractivity contribution in [3.05, 3.63) is 12.7 Å². The van der Waals surface area contributed by atoms with Gasteiger partial charge in [0.1, 0.15) is 42.4 Å². The summed E-state index contributed by atoms with van der Waals surface area (Å²) < 4.78 is 55.5. The molecule has 47 heavy (non-hydrogen) atoms. The van der Waals surface area contributed by atoms with Crippen molar-refractivity contribution in [1.82, 2.24) is 19.5 Å². The summed E-state index contributed by atoms with van der Waals surface area (Å²) in [6, 6.07) is 0. The van der Waals surface area contributed by atoms with Gasteiger partial charge in [-0.2, -0.15) is 4.31 Å². The van der Waals surface area contributed by atoms with Crippen LogP contribution < -0.4 is 5.73 Å². The van der Waals surface area contributed by atoms with Crippen molar-refractivity contribution in [3.8, 4) is 0 Å². The average Bonchev–Trinajstić information content (AvgIpc) is 3.79. The fourth-order valence-electron chi connectivity index (χ4n) is 5.07. The van der Waals surface area contributed by atoms with E-state index < -0.39 is 84.0 Å². The molecular weight excluding hydrogens is 712 g/mol. The van der Waals surface area contributed by atoms with Gasteiger partial charge in [0.15, 0.2) is 30.1 Å². The molecule has 0 bridgehead atoms. The van der Waals surface area contributed by atoms with Crippen molar-refractivity contribution in [2.75, 3.05) is 24.7 Å². The topological polar surface area (TPSA) is 298 Å². The van der Waals surface area contributed by atoms with Crippen LogP contribution in [0.2, 0.25) is 0 Å². The first-order valence-electron chi connectivity index (χ1n) is 14.3. The van der Waals surface area contributed by atoms with E-state index in [1.807, 2.05) is 21.6 Å². The molecule has 0 spiro atoms. The Labute approximate surface area is 274 Å². The molecule has 3 aliphatic heterocycles. The van der Waals surface area contributed by atoms with Crippen LogP contribution in [0.25, 0.3) is 11.2 Å². The van der Waals surface area contributed by atoms with Gasteiger partial charge in [-0.15, -0.1) is 0 Å². The molecule has 24 heteroatoms. The number of phosphoric acid groups is 2. The molecule has 5 heterocycles. The number of aromatic nitrogens is 4. The number of hydrogen-bond donors (Lipinski definition) is 7. The van der Waals surface area contributed by atoms with E-state index in [1.165, 1.54) is 10.9 Å². The van der Waals surface area contributed by atoms with Crippen molar-refractivity contribution in [3.63, 3.8) is 0 Å². The Morgan fingerprint density at radius 2 is 1.70 bits per heavy atom. The van der Waals surface area contributed by atoms with Gasteiger partial charge >= 0.3 is 21.6 Å². The number of fused-ring (bicyclic) bond motifs is 1. The number of phosphoric ester groups is 2. The van der Waals surface area contributed by atoms with Crippen LogP contribution in [0, 0.1) is 0 Å². The summed E-state index contributed by atoms with van der Waals surface area (Å²) in [5.41, 5.74) is 6.12. The highest BCUT2D eigenvalue weighted by molar-refractivity contribution is 8.77. The zero-order valence-corrected chi connectivity index (χ0v) is 27.9. The molecule has 2 aromatic rings. The zero-order chi connectivity index (χ0) is 33.9. The number of hydrogen-bond acceptors (Lipinski definition) is 19. The number of unbranched alkanes of at least 4 members (excludes halogenated alkanes) is 1. The number of ether oxygens (including phenoxy) is 3. The number of esters is 1. The molecular formula is C23H35N5O15P2S2. The van der Waals surface area contributed by atoms with E-state index in [0.29, 0.717) is 11.7 Å². The second kappa shape index (κ2) is 15.6. The molecule has 3 saturated heterocycles. The molecule has 0 saturated carbocycles. The third-order valence-electron chi connectivity index (χ3n) is 7.47. The van der Waals surface area contributed by atoms with Crippen LogP contribution in [0.4, 0.5) is 5.82 Å². The van der Waals surface area contributed by atoms with Crippen LogP contribution in [0.15, 0.2) is 12.7 Å². The number of nitrogens with two attached hydrogens (primary N) is 1. The average molecular weight is 748 g/mol. The zero-order valence-electron chi connectivity index (χ0n) is 24.4. The Balaban J connectivity index is 1.06. The fraction of sp³-hybridized carbons (Fsp3) is 0.739. The fourth-order valence-corrected chi connectivity index (χ4v) is 10.2. The second-order valence-electron chi connectivity index (χ2n) is 10.8. The third kappa shape index (κ3) is 9.21. The lowest BCUT2D eigenvalue weighted by molar-refractivity contribution is -0.173. The maximum atomic E-state index is 12.4. The molecule has 2 aromatic heterocycles. The van der Waals surface area contributed by atoms with E-state index >= 15 is 0 Å². The number of rotatable bonds is 15. The monoisotopic (exact) mass is 747 g/mol. The largest absolute Gasteiger partial charge is 0.481 e. The van der Waals surface area contributed by atoms with E-state index in [9.17, 15) is 44.1 Å². The molecule has 3 aliphatic rings. The Hall–Kier alpha value is -1.46. The van der Waals surface area contributed by atoms with Crippen molar-refractivity contribution in [1.29, 1.82) is 0 Å². The molecule has 0 aromatic carbocycles. The number of carbonyl (C=O) groups is 1. The summed E-state index contributed by atoms with van der Waals surface area (Å²) in [6.07, 6.45) is -6.49. The highest BCUT2D eigenvalue weighted by Crippen LogP contribution is 2.60. The molecule has 264 valence electrons. The highest BCUT2D eigenvalue weighted by Gasteiger charge is 2.48. The van der Waals surface area contributed by atoms with Gasteiger partial charge < -0.3 is 50.2 Å².